The summed E-state index contributed by atoms with van der Waals surface area (Å²) in [6, 6.07) is 19.9. The van der Waals surface area contributed by atoms with Gasteiger partial charge < -0.3 is 9.88 Å². The van der Waals surface area contributed by atoms with E-state index >= 15 is 0 Å². The lowest BCUT2D eigenvalue weighted by Gasteiger charge is -2.17. The number of nitrogens with zero attached hydrogens (tertiary/aromatic N) is 2. The summed E-state index contributed by atoms with van der Waals surface area (Å²) in [5.74, 6) is 0.0283. The smallest absolute Gasteiger partial charge is 0.253 e. The Morgan fingerprint density at radius 1 is 1.04 bits per heavy atom. The number of para-hydroxylation sites is 1. The van der Waals surface area contributed by atoms with Crippen molar-refractivity contribution in [2.24, 2.45) is 0 Å². The number of amides is 1. The molecular formula is C23H21N3O. The van der Waals surface area contributed by atoms with Gasteiger partial charge in [0.05, 0.1) is 0 Å². The molecule has 27 heavy (non-hydrogen) atoms. The van der Waals surface area contributed by atoms with E-state index in [0.29, 0.717) is 12.1 Å². The Bertz CT molecular complexity index is 1070. The van der Waals surface area contributed by atoms with Crippen molar-refractivity contribution in [3.05, 3.63) is 90.4 Å². The number of fused-ring (bicyclic) bond motifs is 1. The maximum atomic E-state index is 12.9. The van der Waals surface area contributed by atoms with Crippen LogP contribution in [-0.2, 0) is 6.42 Å². The van der Waals surface area contributed by atoms with Crippen LogP contribution in [0.2, 0.25) is 0 Å². The van der Waals surface area contributed by atoms with E-state index in [2.05, 4.69) is 22.1 Å². The molecule has 1 N–H and O–H groups in total. The van der Waals surface area contributed by atoms with Crippen LogP contribution in [0.5, 0.6) is 0 Å². The SMILES string of the molecule is CN(CCc1c[nH]c2ccccc12)C(=O)c1cccc(-c2cccnc2)c1. The molecule has 0 spiro atoms. The van der Waals surface area contributed by atoms with E-state index in [9.17, 15) is 4.79 Å². The molecule has 0 unspecified atom stereocenters. The Labute approximate surface area is 158 Å². The molecule has 4 rings (SSSR count). The molecule has 4 heteroatoms. The minimum Gasteiger partial charge on any atom is -0.361 e. The fourth-order valence-electron chi connectivity index (χ4n) is 3.31. The Morgan fingerprint density at radius 3 is 2.74 bits per heavy atom. The highest BCUT2D eigenvalue weighted by Crippen LogP contribution is 2.21. The molecule has 4 aromatic rings. The van der Waals surface area contributed by atoms with E-state index in [-0.39, 0.29) is 5.91 Å². The number of carbonyl (C=O) groups is 1. The Kier molecular flexibility index (Phi) is 4.71. The average molecular weight is 355 g/mol. The number of benzene rings is 2. The topological polar surface area (TPSA) is 49.0 Å². The highest BCUT2D eigenvalue weighted by molar-refractivity contribution is 5.95. The first kappa shape index (κ1) is 17.0. The fraction of sp³-hybridized carbons (Fsp3) is 0.130. The van der Waals surface area contributed by atoms with E-state index in [0.717, 1.165) is 23.1 Å². The van der Waals surface area contributed by atoms with Crippen molar-refractivity contribution < 1.29 is 4.79 Å². The summed E-state index contributed by atoms with van der Waals surface area (Å²) < 4.78 is 0. The van der Waals surface area contributed by atoms with Crippen molar-refractivity contribution in [1.82, 2.24) is 14.9 Å². The minimum atomic E-state index is 0.0283. The van der Waals surface area contributed by atoms with Crippen molar-refractivity contribution in [3.63, 3.8) is 0 Å². The molecule has 4 nitrogen and oxygen atoms in total. The van der Waals surface area contributed by atoms with Crippen LogP contribution in [0.3, 0.4) is 0 Å². The number of aromatic nitrogens is 2. The Hall–Kier alpha value is -3.40. The third kappa shape index (κ3) is 3.60. The number of nitrogens with one attached hydrogen (secondary N) is 1. The summed E-state index contributed by atoms with van der Waals surface area (Å²) in [6.07, 6.45) is 6.40. The van der Waals surface area contributed by atoms with Gasteiger partial charge in [-0.2, -0.15) is 0 Å². The summed E-state index contributed by atoms with van der Waals surface area (Å²) >= 11 is 0. The first-order valence-electron chi connectivity index (χ1n) is 9.03. The molecule has 2 aromatic carbocycles. The van der Waals surface area contributed by atoms with Gasteiger partial charge in [0.25, 0.3) is 5.91 Å². The maximum absolute atomic E-state index is 12.9. The van der Waals surface area contributed by atoms with Crippen LogP contribution in [0.15, 0.2) is 79.3 Å². The lowest BCUT2D eigenvalue weighted by Crippen LogP contribution is -2.28. The van der Waals surface area contributed by atoms with Crippen molar-refractivity contribution in [2.45, 2.75) is 6.42 Å². The fourth-order valence-corrected chi connectivity index (χ4v) is 3.31. The Balaban J connectivity index is 1.48. The quantitative estimate of drug-likeness (QED) is 0.571. The van der Waals surface area contributed by atoms with Gasteiger partial charge in [-0.3, -0.25) is 9.78 Å². The number of aromatic amines is 1. The van der Waals surface area contributed by atoms with Gasteiger partial charge in [0.2, 0.25) is 0 Å². The average Bonchev–Trinajstić information content (AvgIpc) is 3.15. The number of hydrogen-bond donors (Lipinski definition) is 1. The molecule has 2 aromatic heterocycles. The van der Waals surface area contributed by atoms with Gasteiger partial charge in [-0.1, -0.05) is 36.4 Å². The van der Waals surface area contributed by atoms with E-state index < -0.39 is 0 Å². The second-order valence-corrected chi connectivity index (χ2v) is 6.66. The molecule has 0 bridgehead atoms. The molecule has 0 saturated carbocycles. The van der Waals surface area contributed by atoms with Crippen LogP contribution >= 0.6 is 0 Å². The molecule has 0 aliphatic heterocycles. The molecule has 0 radical (unpaired) electrons. The highest BCUT2D eigenvalue weighted by Gasteiger charge is 2.13. The number of pyridine rings is 1. The summed E-state index contributed by atoms with van der Waals surface area (Å²) in [5.41, 5.74) is 5.06. The van der Waals surface area contributed by atoms with Crippen LogP contribution < -0.4 is 0 Å². The molecule has 0 saturated heterocycles. The van der Waals surface area contributed by atoms with Gasteiger partial charge in [-0.05, 0) is 41.8 Å². The van der Waals surface area contributed by atoms with Gasteiger partial charge in [0.1, 0.15) is 0 Å². The van der Waals surface area contributed by atoms with Gasteiger partial charge in [0.15, 0.2) is 0 Å². The predicted octanol–water partition coefficient (Wildman–Crippen LogP) is 4.54. The monoisotopic (exact) mass is 355 g/mol. The molecule has 0 aliphatic carbocycles. The predicted molar refractivity (Wildman–Crippen MR) is 109 cm³/mol. The van der Waals surface area contributed by atoms with Crippen LogP contribution in [0, 0.1) is 0 Å². The molecule has 0 fully saturated rings. The zero-order valence-electron chi connectivity index (χ0n) is 15.2. The molecule has 2 heterocycles. The number of rotatable bonds is 5. The van der Waals surface area contributed by atoms with Gasteiger partial charge in [0, 0.05) is 54.2 Å². The zero-order valence-corrected chi connectivity index (χ0v) is 15.2. The first-order chi connectivity index (χ1) is 13.2. The van der Waals surface area contributed by atoms with E-state index in [1.165, 1.54) is 10.9 Å². The van der Waals surface area contributed by atoms with Gasteiger partial charge in [-0.15, -0.1) is 0 Å². The Morgan fingerprint density at radius 2 is 1.89 bits per heavy atom. The summed E-state index contributed by atoms with van der Waals surface area (Å²) in [7, 11) is 1.86. The van der Waals surface area contributed by atoms with Crippen molar-refractivity contribution in [1.29, 1.82) is 0 Å². The van der Waals surface area contributed by atoms with E-state index in [1.807, 2.05) is 68.0 Å². The number of hydrogen-bond acceptors (Lipinski definition) is 2. The standard InChI is InChI=1S/C23H21N3O/c1-26(13-11-20-16-25-22-10-3-2-9-21(20)22)23(27)18-7-4-6-17(14-18)19-8-5-12-24-15-19/h2-10,12,14-16,25H,11,13H2,1H3. The second-order valence-electron chi connectivity index (χ2n) is 6.66. The summed E-state index contributed by atoms with van der Waals surface area (Å²) in [4.78, 5) is 22.1. The molecule has 134 valence electrons. The third-order valence-corrected chi connectivity index (χ3v) is 4.84. The maximum Gasteiger partial charge on any atom is 0.253 e. The third-order valence-electron chi connectivity index (χ3n) is 4.84. The van der Waals surface area contributed by atoms with Gasteiger partial charge in [-0.25, -0.2) is 0 Å². The minimum absolute atomic E-state index is 0.0283. The molecule has 0 aliphatic rings. The number of carbonyl (C=O) groups excluding carboxylic acids is 1. The summed E-state index contributed by atoms with van der Waals surface area (Å²) in [5, 5.41) is 1.22. The summed E-state index contributed by atoms with van der Waals surface area (Å²) in [6.45, 7) is 0.664. The van der Waals surface area contributed by atoms with Crippen LogP contribution in [0.25, 0.3) is 22.0 Å². The molecule has 0 atom stereocenters. The lowest BCUT2D eigenvalue weighted by atomic mass is 10.0. The van der Waals surface area contributed by atoms with Crippen molar-refractivity contribution in [2.75, 3.05) is 13.6 Å². The largest absolute Gasteiger partial charge is 0.361 e. The van der Waals surface area contributed by atoms with Crippen molar-refractivity contribution >= 4 is 16.8 Å². The molecule has 1 amide bonds. The number of H-pyrrole nitrogens is 1. The lowest BCUT2D eigenvalue weighted by molar-refractivity contribution is 0.0797. The van der Waals surface area contributed by atoms with Gasteiger partial charge >= 0.3 is 0 Å². The first-order valence-corrected chi connectivity index (χ1v) is 9.03. The van der Waals surface area contributed by atoms with E-state index in [4.69, 9.17) is 0 Å². The van der Waals surface area contributed by atoms with Crippen LogP contribution in [0.1, 0.15) is 15.9 Å². The number of likely N-dealkylation sites (N-methyl/N-ethyl adjacent to an activating group) is 1. The molecular weight excluding hydrogens is 334 g/mol. The van der Waals surface area contributed by atoms with E-state index in [1.54, 1.807) is 11.1 Å². The van der Waals surface area contributed by atoms with Crippen LogP contribution in [0.4, 0.5) is 0 Å². The zero-order chi connectivity index (χ0) is 18.6. The van der Waals surface area contributed by atoms with Crippen molar-refractivity contribution in [3.8, 4) is 11.1 Å². The highest BCUT2D eigenvalue weighted by atomic mass is 16.2. The second kappa shape index (κ2) is 7.46. The van der Waals surface area contributed by atoms with Crippen LogP contribution in [-0.4, -0.2) is 34.4 Å². The normalized spacial score (nSPS) is 10.9.